The summed E-state index contributed by atoms with van der Waals surface area (Å²) in [6.07, 6.45) is 1.71. The van der Waals surface area contributed by atoms with E-state index >= 15 is 0 Å². The molecule has 0 saturated carbocycles. The predicted octanol–water partition coefficient (Wildman–Crippen LogP) is 0.529. The number of aromatic nitrogens is 1. The molecule has 0 amide bonds. The van der Waals surface area contributed by atoms with Crippen LogP contribution in [0.2, 0.25) is 5.15 Å². The van der Waals surface area contributed by atoms with E-state index in [0.29, 0.717) is 5.15 Å². The third-order valence-corrected chi connectivity index (χ3v) is 1.49. The van der Waals surface area contributed by atoms with Crippen molar-refractivity contribution in [3.05, 3.63) is 23.5 Å². The molecular weight excluding hydrogens is 184 g/mol. The summed E-state index contributed by atoms with van der Waals surface area (Å²) >= 11 is 7.89. The molecule has 1 nitrogen and oxygen atoms in total. The second-order valence-electron chi connectivity index (χ2n) is 1.34. The Morgan fingerprint density at radius 2 is 2.25 bits per heavy atom. The standard InChI is InChI=1S/C5H3AsClN/c6-4-1-2-5(7)8-3-4/h1-3H. The molecule has 0 saturated heterocycles. The monoisotopic (exact) mass is 187 g/mol. The molecule has 0 unspecified atom stereocenters. The molecule has 0 aliphatic heterocycles. The first-order valence-corrected chi connectivity index (χ1v) is 3.41. The van der Waals surface area contributed by atoms with Crippen LogP contribution in [0, 0.1) is 0 Å². The number of pyridine rings is 1. The minimum absolute atomic E-state index is 0.541. The SMILES string of the molecule is Clc1ccc([As])cn1. The van der Waals surface area contributed by atoms with Crippen molar-refractivity contribution in [3.8, 4) is 0 Å². The topological polar surface area (TPSA) is 12.9 Å². The number of hydrogen-bond donors (Lipinski definition) is 0. The first-order valence-electron chi connectivity index (χ1n) is 2.09. The van der Waals surface area contributed by atoms with Gasteiger partial charge in [0, 0.05) is 0 Å². The van der Waals surface area contributed by atoms with Gasteiger partial charge in [-0.05, 0) is 0 Å². The Morgan fingerprint density at radius 1 is 1.50 bits per heavy atom. The molecule has 8 heavy (non-hydrogen) atoms. The summed E-state index contributed by atoms with van der Waals surface area (Å²) in [6.45, 7) is 0. The zero-order valence-corrected chi connectivity index (χ0v) is 6.64. The molecule has 2 radical (unpaired) electrons. The molecule has 0 aliphatic carbocycles. The van der Waals surface area contributed by atoms with Crippen LogP contribution in [0.5, 0.6) is 0 Å². The fourth-order valence-corrected chi connectivity index (χ4v) is 0.757. The van der Waals surface area contributed by atoms with Crippen LogP contribution in [0.3, 0.4) is 0 Å². The van der Waals surface area contributed by atoms with Crippen molar-refractivity contribution in [3.63, 3.8) is 0 Å². The van der Waals surface area contributed by atoms with Gasteiger partial charge in [-0.2, -0.15) is 0 Å². The number of rotatable bonds is 0. The quantitative estimate of drug-likeness (QED) is 0.426. The zero-order valence-electron chi connectivity index (χ0n) is 4.00. The summed E-state index contributed by atoms with van der Waals surface area (Å²) in [6, 6.07) is 3.66. The van der Waals surface area contributed by atoms with Crippen LogP contribution in [0.4, 0.5) is 0 Å². The van der Waals surface area contributed by atoms with Crippen LogP contribution >= 0.6 is 11.6 Å². The Bertz CT molecular complexity index is 151. The summed E-state index contributed by atoms with van der Waals surface area (Å²) in [5, 5.41) is 0.541. The molecule has 3 heteroatoms. The van der Waals surface area contributed by atoms with E-state index in [1.54, 1.807) is 12.3 Å². The molecule has 40 valence electrons. The molecular formula is C5H3AsClN. The Balaban J connectivity index is 3.03. The van der Waals surface area contributed by atoms with Crippen LogP contribution in [0.25, 0.3) is 0 Å². The molecule has 1 aromatic heterocycles. The van der Waals surface area contributed by atoms with E-state index in [4.69, 9.17) is 11.6 Å². The molecule has 0 bridgehead atoms. The van der Waals surface area contributed by atoms with Gasteiger partial charge >= 0.3 is 61.3 Å². The van der Waals surface area contributed by atoms with Crippen molar-refractivity contribution in [1.82, 2.24) is 4.98 Å². The van der Waals surface area contributed by atoms with E-state index in [9.17, 15) is 0 Å². The normalized spacial score (nSPS) is 9.25. The van der Waals surface area contributed by atoms with E-state index in [1.807, 2.05) is 6.07 Å². The summed E-state index contributed by atoms with van der Waals surface area (Å²) in [4.78, 5) is 3.83. The number of halogens is 1. The average molecular weight is 187 g/mol. The fraction of sp³-hybridized carbons (Fsp3) is 0. The Kier molecular flexibility index (Phi) is 1.93. The number of hydrogen-bond acceptors (Lipinski definition) is 1. The van der Waals surface area contributed by atoms with Crippen molar-refractivity contribution in [2.45, 2.75) is 0 Å². The molecule has 0 N–H and O–H groups in total. The van der Waals surface area contributed by atoms with Crippen LogP contribution in [-0.4, -0.2) is 21.8 Å². The summed E-state index contributed by atoms with van der Waals surface area (Å²) < 4.78 is 1.07. The van der Waals surface area contributed by atoms with E-state index in [2.05, 4.69) is 21.8 Å². The molecule has 0 aromatic carbocycles. The fourth-order valence-electron chi connectivity index (χ4n) is 0.368. The van der Waals surface area contributed by atoms with E-state index in [-0.39, 0.29) is 0 Å². The Morgan fingerprint density at radius 3 is 2.62 bits per heavy atom. The van der Waals surface area contributed by atoms with Gasteiger partial charge in [-0.1, -0.05) is 0 Å². The summed E-state index contributed by atoms with van der Waals surface area (Å²) in [5.41, 5.74) is 0. The van der Waals surface area contributed by atoms with E-state index in [1.165, 1.54) is 0 Å². The second-order valence-corrected chi connectivity index (χ2v) is 2.81. The zero-order chi connectivity index (χ0) is 5.98. The van der Waals surface area contributed by atoms with Gasteiger partial charge < -0.3 is 0 Å². The molecule has 0 aliphatic rings. The molecule has 0 spiro atoms. The van der Waals surface area contributed by atoms with Crippen molar-refractivity contribution in [2.75, 3.05) is 0 Å². The number of nitrogens with zero attached hydrogens (tertiary/aromatic N) is 1. The van der Waals surface area contributed by atoms with Gasteiger partial charge in [0.1, 0.15) is 0 Å². The molecule has 1 heterocycles. The molecule has 0 fully saturated rings. The second kappa shape index (κ2) is 2.52. The Labute approximate surface area is 61.6 Å². The van der Waals surface area contributed by atoms with Crippen LogP contribution in [-0.2, 0) is 0 Å². The van der Waals surface area contributed by atoms with Crippen LogP contribution < -0.4 is 4.35 Å². The van der Waals surface area contributed by atoms with Crippen molar-refractivity contribution < 1.29 is 0 Å². The van der Waals surface area contributed by atoms with Crippen molar-refractivity contribution >= 4 is 32.8 Å². The Hall–Kier alpha value is -0.00156. The molecule has 1 aromatic rings. The maximum absolute atomic E-state index is 5.49. The predicted molar refractivity (Wildman–Crippen MR) is 34.6 cm³/mol. The van der Waals surface area contributed by atoms with E-state index in [0.717, 1.165) is 4.35 Å². The van der Waals surface area contributed by atoms with Gasteiger partial charge in [0.25, 0.3) is 0 Å². The van der Waals surface area contributed by atoms with Crippen LogP contribution in [0.1, 0.15) is 0 Å². The summed E-state index contributed by atoms with van der Waals surface area (Å²) in [5.74, 6) is 0. The first kappa shape index (κ1) is 6.12. The minimum atomic E-state index is 0.541. The van der Waals surface area contributed by atoms with E-state index < -0.39 is 0 Å². The average Bonchev–Trinajstić information content (AvgIpc) is 1.77. The third-order valence-electron chi connectivity index (χ3n) is 0.712. The van der Waals surface area contributed by atoms with Crippen LogP contribution in [0.15, 0.2) is 18.3 Å². The third kappa shape index (κ3) is 1.50. The van der Waals surface area contributed by atoms with Gasteiger partial charge in [-0.3, -0.25) is 0 Å². The maximum atomic E-state index is 5.49. The van der Waals surface area contributed by atoms with Crippen molar-refractivity contribution in [2.24, 2.45) is 0 Å². The van der Waals surface area contributed by atoms with Gasteiger partial charge in [0.15, 0.2) is 0 Å². The molecule has 0 atom stereocenters. The summed E-state index contributed by atoms with van der Waals surface area (Å²) in [7, 11) is 0. The van der Waals surface area contributed by atoms with Gasteiger partial charge in [0.2, 0.25) is 0 Å². The van der Waals surface area contributed by atoms with Gasteiger partial charge in [-0.15, -0.1) is 0 Å². The van der Waals surface area contributed by atoms with Gasteiger partial charge in [-0.25, -0.2) is 0 Å². The molecule has 1 rings (SSSR count). The first-order chi connectivity index (χ1) is 3.79. The van der Waals surface area contributed by atoms with Crippen molar-refractivity contribution in [1.29, 1.82) is 0 Å². The van der Waals surface area contributed by atoms with Gasteiger partial charge in [0.05, 0.1) is 0 Å².